The lowest BCUT2D eigenvalue weighted by Crippen LogP contribution is -2.14. The number of nitrogens with one attached hydrogen (secondary N) is 1. The van der Waals surface area contributed by atoms with Crippen molar-refractivity contribution < 1.29 is 0 Å². The first-order chi connectivity index (χ1) is 9.40. The van der Waals surface area contributed by atoms with Crippen molar-refractivity contribution in [2.45, 2.75) is 39.2 Å². The summed E-state index contributed by atoms with van der Waals surface area (Å²) in [5.74, 6) is 0. The summed E-state index contributed by atoms with van der Waals surface area (Å²) in [4.78, 5) is 0. The van der Waals surface area contributed by atoms with Crippen molar-refractivity contribution in [3.05, 3.63) is 48.3 Å². The van der Waals surface area contributed by atoms with Gasteiger partial charge in [0.15, 0.2) is 0 Å². The fraction of sp³-hybridized carbons (Fsp3) is 0.438. The molecule has 0 saturated carbocycles. The molecule has 0 amide bonds. The highest BCUT2D eigenvalue weighted by Gasteiger charge is 1.97. The van der Waals surface area contributed by atoms with Crippen LogP contribution in [-0.4, -0.2) is 16.3 Å². The minimum absolute atomic E-state index is 0.950. The molecule has 0 unspecified atom stereocenters. The molecule has 0 atom stereocenters. The van der Waals surface area contributed by atoms with Crippen LogP contribution in [0.15, 0.2) is 42.7 Å². The Morgan fingerprint density at radius 3 is 2.63 bits per heavy atom. The molecular formula is C16H23N3. The Kier molecular flexibility index (Phi) is 5.63. The molecule has 0 aliphatic rings. The van der Waals surface area contributed by atoms with Crippen LogP contribution in [0.2, 0.25) is 0 Å². The van der Waals surface area contributed by atoms with Crippen molar-refractivity contribution in [1.82, 2.24) is 15.1 Å². The zero-order valence-electron chi connectivity index (χ0n) is 11.7. The zero-order chi connectivity index (χ0) is 13.3. The molecule has 1 aromatic carbocycles. The molecule has 0 saturated heterocycles. The first-order valence-electron chi connectivity index (χ1n) is 7.20. The summed E-state index contributed by atoms with van der Waals surface area (Å²) in [5.41, 5.74) is 2.43. The number of hydrogen-bond acceptors (Lipinski definition) is 2. The summed E-state index contributed by atoms with van der Waals surface area (Å²) in [7, 11) is 0. The van der Waals surface area contributed by atoms with E-state index in [1.165, 1.54) is 31.2 Å². The average molecular weight is 257 g/mol. The van der Waals surface area contributed by atoms with E-state index >= 15 is 0 Å². The molecule has 2 aromatic rings. The minimum atomic E-state index is 0.950. The lowest BCUT2D eigenvalue weighted by atomic mass is 10.2. The lowest BCUT2D eigenvalue weighted by Gasteiger charge is -2.06. The van der Waals surface area contributed by atoms with E-state index in [2.05, 4.69) is 41.6 Å². The predicted octanol–water partition coefficient (Wildman–Crippen LogP) is 3.54. The van der Waals surface area contributed by atoms with E-state index in [0.717, 1.165) is 18.8 Å². The highest BCUT2D eigenvalue weighted by atomic mass is 15.3. The lowest BCUT2D eigenvalue weighted by molar-refractivity contribution is 0.598. The molecule has 1 aromatic heterocycles. The Morgan fingerprint density at radius 2 is 1.95 bits per heavy atom. The SMILES string of the molecule is CCCCCCNCc1ccc(-n2cccn2)cc1. The van der Waals surface area contributed by atoms with E-state index in [9.17, 15) is 0 Å². The smallest absolute Gasteiger partial charge is 0.0645 e. The predicted molar refractivity (Wildman–Crippen MR) is 79.4 cm³/mol. The van der Waals surface area contributed by atoms with Crippen LogP contribution in [-0.2, 0) is 6.54 Å². The van der Waals surface area contributed by atoms with Gasteiger partial charge < -0.3 is 5.32 Å². The summed E-state index contributed by atoms with van der Waals surface area (Å²) in [6, 6.07) is 10.5. The van der Waals surface area contributed by atoms with Crippen molar-refractivity contribution in [3.63, 3.8) is 0 Å². The topological polar surface area (TPSA) is 29.9 Å². The molecule has 0 fully saturated rings. The summed E-state index contributed by atoms with van der Waals surface area (Å²) in [6.45, 7) is 4.31. The van der Waals surface area contributed by atoms with Gasteiger partial charge in [0.1, 0.15) is 0 Å². The third-order valence-corrected chi connectivity index (χ3v) is 3.24. The summed E-state index contributed by atoms with van der Waals surface area (Å²) < 4.78 is 1.88. The number of benzene rings is 1. The molecule has 0 radical (unpaired) electrons. The molecule has 0 aliphatic heterocycles. The highest BCUT2D eigenvalue weighted by molar-refractivity contribution is 5.33. The van der Waals surface area contributed by atoms with Gasteiger partial charge >= 0.3 is 0 Å². The zero-order valence-corrected chi connectivity index (χ0v) is 11.7. The average Bonchev–Trinajstić information content (AvgIpc) is 2.97. The van der Waals surface area contributed by atoms with E-state index in [1.54, 1.807) is 6.20 Å². The Labute approximate surface area is 115 Å². The van der Waals surface area contributed by atoms with Crippen molar-refractivity contribution in [3.8, 4) is 5.69 Å². The third kappa shape index (κ3) is 4.52. The molecular weight excluding hydrogens is 234 g/mol. The monoisotopic (exact) mass is 257 g/mol. The molecule has 0 spiro atoms. The van der Waals surface area contributed by atoms with Crippen molar-refractivity contribution in [2.24, 2.45) is 0 Å². The van der Waals surface area contributed by atoms with Crippen LogP contribution in [0.3, 0.4) is 0 Å². The van der Waals surface area contributed by atoms with Crippen molar-refractivity contribution in [2.75, 3.05) is 6.54 Å². The normalized spacial score (nSPS) is 10.8. The number of aromatic nitrogens is 2. The molecule has 3 heteroatoms. The Morgan fingerprint density at radius 1 is 1.11 bits per heavy atom. The number of rotatable bonds is 8. The fourth-order valence-corrected chi connectivity index (χ4v) is 2.10. The maximum atomic E-state index is 4.22. The first-order valence-corrected chi connectivity index (χ1v) is 7.20. The second kappa shape index (κ2) is 7.74. The van der Waals surface area contributed by atoms with Crippen molar-refractivity contribution >= 4 is 0 Å². The van der Waals surface area contributed by atoms with E-state index in [4.69, 9.17) is 0 Å². The van der Waals surface area contributed by atoms with E-state index in [-0.39, 0.29) is 0 Å². The summed E-state index contributed by atoms with van der Waals surface area (Å²) >= 11 is 0. The van der Waals surface area contributed by atoms with Gasteiger partial charge in [-0.15, -0.1) is 0 Å². The van der Waals surface area contributed by atoms with Crippen LogP contribution in [0.1, 0.15) is 38.2 Å². The van der Waals surface area contributed by atoms with Gasteiger partial charge in [-0.1, -0.05) is 38.3 Å². The maximum absolute atomic E-state index is 4.22. The van der Waals surface area contributed by atoms with Gasteiger partial charge in [-0.25, -0.2) is 4.68 Å². The maximum Gasteiger partial charge on any atom is 0.0645 e. The quantitative estimate of drug-likeness (QED) is 0.733. The molecule has 3 nitrogen and oxygen atoms in total. The van der Waals surface area contributed by atoms with Gasteiger partial charge in [-0.2, -0.15) is 5.10 Å². The van der Waals surface area contributed by atoms with Crippen LogP contribution in [0.4, 0.5) is 0 Å². The largest absolute Gasteiger partial charge is 0.313 e. The second-order valence-corrected chi connectivity index (χ2v) is 4.85. The molecule has 2 rings (SSSR count). The number of nitrogens with zero attached hydrogens (tertiary/aromatic N) is 2. The van der Waals surface area contributed by atoms with E-state index in [1.807, 2.05) is 16.9 Å². The molecule has 19 heavy (non-hydrogen) atoms. The number of unbranched alkanes of at least 4 members (excludes halogenated alkanes) is 3. The minimum Gasteiger partial charge on any atom is -0.313 e. The fourth-order valence-electron chi connectivity index (χ4n) is 2.10. The molecule has 0 aliphatic carbocycles. The van der Waals surface area contributed by atoms with Crippen LogP contribution in [0.25, 0.3) is 5.69 Å². The van der Waals surface area contributed by atoms with E-state index in [0.29, 0.717) is 0 Å². The standard InChI is InChI=1S/C16H23N3/c1-2-3-4-5-11-17-14-15-7-9-16(10-8-15)19-13-6-12-18-19/h6-10,12-13,17H,2-5,11,14H2,1H3. The Bertz CT molecular complexity index is 445. The van der Waals surface area contributed by atoms with Crippen LogP contribution >= 0.6 is 0 Å². The van der Waals surface area contributed by atoms with Gasteiger partial charge in [0.05, 0.1) is 5.69 Å². The van der Waals surface area contributed by atoms with Gasteiger partial charge in [0, 0.05) is 18.9 Å². The van der Waals surface area contributed by atoms with Crippen LogP contribution in [0.5, 0.6) is 0 Å². The molecule has 1 heterocycles. The summed E-state index contributed by atoms with van der Waals surface area (Å²) in [5, 5.41) is 7.71. The molecule has 1 N–H and O–H groups in total. The Hall–Kier alpha value is -1.61. The summed E-state index contributed by atoms with van der Waals surface area (Å²) in [6.07, 6.45) is 9.02. The van der Waals surface area contributed by atoms with Crippen LogP contribution in [0, 0.1) is 0 Å². The van der Waals surface area contributed by atoms with Gasteiger partial charge in [-0.3, -0.25) is 0 Å². The second-order valence-electron chi connectivity index (χ2n) is 4.85. The van der Waals surface area contributed by atoms with Gasteiger partial charge in [0.25, 0.3) is 0 Å². The Balaban J connectivity index is 1.73. The third-order valence-electron chi connectivity index (χ3n) is 3.24. The molecule has 0 bridgehead atoms. The van der Waals surface area contributed by atoms with Crippen LogP contribution < -0.4 is 5.32 Å². The number of hydrogen-bond donors (Lipinski definition) is 1. The van der Waals surface area contributed by atoms with E-state index < -0.39 is 0 Å². The first kappa shape index (κ1) is 13.8. The highest BCUT2D eigenvalue weighted by Crippen LogP contribution is 2.08. The van der Waals surface area contributed by atoms with Gasteiger partial charge in [-0.05, 0) is 36.7 Å². The molecule has 102 valence electrons. The van der Waals surface area contributed by atoms with Gasteiger partial charge in [0.2, 0.25) is 0 Å². The van der Waals surface area contributed by atoms with Crippen molar-refractivity contribution in [1.29, 1.82) is 0 Å².